The molecule has 3 aromatic heterocycles. The Hall–Kier alpha value is -3.08. The van der Waals surface area contributed by atoms with Gasteiger partial charge in [0.05, 0.1) is 24.2 Å². The number of β-amino-alcohol motifs (C(OH)–C–C–N with tert-alkyl or cyclic N) is 1. The number of imidazole rings is 2. The molecule has 2 saturated heterocycles. The largest absolute Gasteiger partial charge is 0.381 e. The molecule has 0 radical (unpaired) electrons. The first-order chi connectivity index (χ1) is 17.4. The molecule has 6 rings (SSSR count). The first-order valence-corrected chi connectivity index (χ1v) is 12.8. The molecule has 2 aliphatic heterocycles. The van der Waals surface area contributed by atoms with Crippen LogP contribution in [-0.2, 0) is 17.4 Å². The van der Waals surface area contributed by atoms with Crippen molar-refractivity contribution >= 4 is 28.0 Å². The zero-order chi connectivity index (χ0) is 25.0. The van der Waals surface area contributed by atoms with Crippen LogP contribution in [0.5, 0.6) is 0 Å². The number of hydrogen-bond donors (Lipinski definition) is 1. The van der Waals surface area contributed by atoms with E-state index in [2.05, 4.69) is 34.3 Å². The van der Waals surface area contributed by atoms with Gasteiger partial charge in [-0.3, -0.25) is 4.57 Å². The quantitative estimate of drug-likeness (QED) is 0.466. The number of fused-ring (bicyclic) bond motifs is 2. The lowest BCUT2D eigenvalue weighted by Gasteiger charge is -2.36. The van der Waals surface area contributed by atoms with Crippen LogP contribution in [0.4, 0.5) is 5.82 Å². The number of para-hydroxylation sites is 2. The summed E-state index contributed by atoms with van der Waals surface area (Å²) in [5.41, 5.74) is 2.29. The van der Waals surface area contributed by atoms with Gasteiger partial charge in [-0.25, -0.2) is 9.97 Å². The van der Waals surface area contributed by atoms with E-state index in [1.807, 2.05) is 36.9 Å². The van der Waals surface area contributed by atoms with Gasteiger partial charge in [0.1, 0.15) is 17.2 Å². The fraction of sp³-hybridized carbons (Fsp3) is 0.538. The lowest BCUT2D eigenvalue weighted by Crippen LogP contribution is -2.45. The highest BCUT2D eigenvalue weighted by Gasteiger charge is 2.39. The fourth-order valence-electron chi connectivity index (χ4n) is 5.62. The van der Waals surface area contributed by atoms with Crippen LogP contribution < -0.4 is 4.90 Å². The Labute approximate surface area is 210 Å². The standard InChI is InChI=1S/C26H34N8O2/c1-17(2)21-27-18-8-5-6-9-19(18)34(21)25-29-22-20(23(30-25)33-12-14-36-15-13-33)28-24(32(22)4)26(35)10-7-11-31(3)16-26/h5-6,8-9,17,35H,7,10-16H2,1-4H3. The molecule has 2 aliphatic rings. The molecule has 1 N–H and O–H groups in total. The van der Waals surface area contributed by atoms with E-state index in [0.29, 0.717) is 43.6 Å². The highest BCUT2D eigenvalue weighted by molar-refractivity contribution is 5.86. The molecule has 190 valence electrons. The molecule has 36 heavy (non-hydrogen) atoms. The number of hydrogen-bond acceptors (Lipinski definition) is 8. The van der Waals surface area contributed by atoms with Gasteiger partial charge in [0.15, 0.2) is 17.0 Å². The van der Waals surface area contributed by atoms with Crippen molar-refractivity contribution in [2.45, 2.75) is 38.2 Å². The monoisotopic (exact) mass is 490 g/mol. The summed E-state index contributed by atoms with van der Waals surface area (Å²) < 4.78 is 9.65. The van der Waals surface area contributed by atoms with Gasteiger partial charge in [0.25, 0.3) is 0 Å². The molecule has 0 amide bonds. The maximum absolute atomic E-state index is 11.7. The molecular weight excluding hydrogens is 456 g/mol. The van der Waals surface area contributed by atoms with Crippen molar-refractivity contribution in [3.8, 4) is 5.95 Å². The number of aliphatic hydroxyl groups is 1. The number of rotatable bonds is 4. The van der Waals surface area contributed by atoms with Crippen molar-refractivity contribution in [2.75, 3.05) is 51.3 Å². The number of aryl methyl sites for hydroxylation is 1. The normalized spacial score (nSPS) is 21.8. The molecule has 1 aromatic carbocycles. The molecule has 2 fully saturated rings. The van der Waals surface area contributed by atoms with Gasteiger partial charge in [-0.15, -0.1) is 0 Å². The summed E-state index contributed by atoms with van der Waals surface area (Å²) in [6.07, 6.45) is 1.59. The average molecular weight is 491 g/mol. The number of benzene rings is 1. The van der Waals surface area contributed by atoms with Gasteiger partial charge in [-0.2, -0.15) is 9.97 Å². The van der Waals surface area contributed by atoms with E-state index in [1.165, 1.54) is 0 Å². The Bertz CT molecular complexity index is 1420. The summed E-state index contributed by atoms with van der Waals surface area (Å²) in [5, 5.41) is 11.7. The Morgan fingerprint density at radius 1 is 1.00 bits per heavy atom. The third-order valence-corrected chi connectivity index (χ3v) is 7.38. The first-order valence-electron chi connectivity index (χ1n) is 12.8. The van der Waals surface area contributed by atoms with Gasteiger partial charge in [-0.05, 0) is 38.6 Å². The van der Waals surface area contributed by atoms with Crippen molar-refractivity contribution in [3.05, 3.63) is 35.9 Å². The third-order valence-electron chi connectivity index (χ3n) is 7.38. The number of likely N-dealkylation sites (N-methyl/N-ethyl adjacent to an activating group) is 1. The molecule has 0 aliphatic carbocycles. The summed E-state index contributed by atoms with van der Waals surface area (Å²) in [6.45, 7) is 8.52. The Balaban J connectivity index is 1.61. The average Bonchev–Trinajstić information content (AvgIpc) is 3.43. The SMILES string of the molecule is CC(C)c1nc2ccccc2n1-c1nc(N2CCOCC2)c2nc(C3(O)CCCN(C)C3)n(C)c2n1. The van der Waals surface area contributed by atoms with Crippen LogP contribution in [0.2, 0.25) is 0 Å². The Morgan fingerprint density at radius 2 is 1.78 bits per heavy atom. The molecule has 5 heterocycles. The van der Waals surface area contributed by atoms with Crippen LogP contribution in [0.15, 0.2) is 24.3 Å². The molecule has 4 aromatic rings. The summed E-state index contributed by atoms with van der Waals surface area (Å²) in [7, 11) is 3.99. The van der Waals surface area contributed by atoms with E-state index >= 15 is 0 Å². The number of anilines is 1. The molecular formula is C26H34N8O2. The minimum atomic E-state index is -1.03. The van der Waals surface area contributed by atoms with Crippen LogP contribution in [0.3, 0.4) is 0 Å². The van der Waals surface area contributed by atoms with Crippen molar-refractivity contribution in [3.63, 3.8) is 0 Å². The second-order valence-electron chi connectivity index (χ2n) is 10.4. The maximum atomic E-state index is 11.7. The van der Waals surface area contributed by atoms with Crippen molar-refractivity contribution < 1.29 is 9.84 Å². The third kappa shape index (κ3) is 3.75. The maximum Gasteiger partial charge on any atom is 0.239 e. The summed E-state index contributed by atoms with van der Waals surface area (Å²) in [6, 6.07) is 8.10. The smallest absolute Gasteiger partial charge is 0.239 e. The summed E-state index contributed by atoms with van der Waals surface area (Å²) in [4.78, 5) is 24.5. The lowest BCUT2D eigenvalue weighted by molar-refractivity contribution is -0.0365. The summed E-state index contributed by atoms with van der Waals surface area (Å²) >= 11 is 0. The molecule has 0 saturated carbocycles. The molecule has 1 unspecified atom stereocenters. The fourth-order valence-corrected chi connectivity index (χ4v) is 5.62. The highest BCUT2D eigenvalue weighted by Crippen LogP contribution is 2.35. The van der Waals surface area contributed by atoms with Gasteiger partial charge >= 0.3 is 0 Å². The first kappa shape index (κ1) is 23.3. The zero-order valence-corrected chi connectivity index (χ0v) is 21.5. The predicted molar refractivity (Wildman–Crippen MR) is 139 cm³/mol. The van der Waals surface area contributed by atoms with Gasteiger partial charge < -0.3 is 24.2 Å². The van der Waals surface area contributed by atoms with Crippen LogP contribution in [0.1, 0.15) is 44.3 Å². The van der Waals surface area contributed by atoms with E-state index in [9.17, 15) is 5.11 Å². The van der Waals surface area contributed by atoms with Gasteiger partial charge in [0.2, 0.25) is 5.95 Å². The van der Waals surface area contributed by atoms with E-state index in [0.717, 1.165) is 54.2 Å². The van der Waals surface area contributed by atoms with Gasteiger partial charge in [0, 0.05) is 32.6 Å². The van der Waals surface area contributed by atoms with E-state index in [-0.39, 0.29) is 5.92 Å². The number of ether oxygens (including phenoxy) is 1. The van der Waals surface area contributed by atoms with Crippen molar-refractivity contribution in [1.29, 1.82) is 0 Å². The Morgan fingerprint density at radius 3 is 2.53 bits per heavy atom. The second-order valence-corrected chi connectivity index (χ2v) is 10.4. The Kier molecular flexibility index (Phi) is 5.70. The molecule has 1 atom stereocenters. The van der Waals surface area contributed by atoms with Crippen LogP contribution in [-0.4, -0.2) is 85.5 Å². The second kappa shape index (κ2) is 8.79. The van der Waals surface area contributed by atoms with Gasteiger partial charge in [-0.1, -0.05) is 26.0 Å². The summed E-state index contributed by atoms with van der Waals surface area (Å²) in [5.74, 6) is 3.09. The molecule has 10 heteroatoms. The van der Waals surface area contributed by atoms with E-state index in [1.54, 1.807) is 0 Å². The number of nitrogens with zero attached hydrogens (tertiary/aromatic N) is 8. The topological polar surface area (TPSA) is 97.4 Å². The molecule has 10 nitrogen and oxygen atoms in total. The van der Waals surface area contributed by atoms with E-state index in [4.69, 9.17) is 24.7 Å². The number of likely N-dealkylation sites (tertiary alicyclic amines) is 1. The van der Waals surface area contributed by atoms with Crippen molar-refractivity contribution in [1.82, 2.24) is 34.0 Å². The van der Waals surface area contributed by atoms with Crippen molar-refractivity contribution in [2.24, 2.45) is 7.05 Å². The van der Waals surface area contributed by atoms with Crippen LogP contribution in [0.25, 0.3) is 28.1 Å². The van der Waals surface area contributed by atoms with Crippen LogP contribution >= 0.6 is 0 Å². The predicted octanol–water partition coefficient (Wildman–Crippen LogP) is 2.58. The molecule has 0 spiro atoms. The number of morpholine rings is 1. The number of piperidine rings is 1. The van der Waals surface area contributed by atoms with E-state index < -0.39 is 5.60 Å². The zero-order valence-electron chi connectivity index (χ0n) is 21.5. The molecule has 0 bridgehead atoms. The minimum absolute atomic E-state index is 0.184. The van der Waals surface area contributed by atoms with Crippen LogP contribution in [0, 0.1) is 0 Å². The number of aromatic nitrogens is 6. The lowest BCUT2D eigenvalue weighted by atomic mass is 9.92. The highest BCUT2D eigenvalue weighted by atomic mass is 16.5. The minimum Gasteiger partial charge on any atom is -0.381 e.